The number of hydrogen-bond donors (Lipinski definition) is 1. The van der Waals surface area contributed by atoms with Gasteiger partial charge in [-0.15, -0.1) is 0 Å². The molecule has 0 heterocycles. The van der Waals surface area contributed by atoms with Gasteiger partial charge in [0.25, 0.3) is 0 Å². The summed E-state index contributed by atoms with van der Waals surface area (Å²) in [5.41, 5.74) is 1.46. The van der Waals surface area contributed by atoms with Crippen LogP contribution in [0.4, 0.5) is 0 Å². The monoisotopic (exact) mass is 263 g/mol. The highest BCUT2D eigenvalue weighted by Crippen LogP contribution is 2.29. The van der Waals surface area contributed by atoms with Gasteiger partial charge in [0.15, 0.2) is 0 Å². The summed E-state index contributed by atoms with van der Waals surface area (Å²) < 4.78 is 0. The normalized spacial score (nSPS) is 23.4. The van der Waals surface area contributed by atoms with Gasteiger partial charge in [-0.05, 0) is 43.5 Å². The molecule has 1 N–H and O–H groups in total. The van der Waals surface area contributed by atoms with Gasteiger partial charge in [-0.1, -0.05) is 43.7 Å². The molecular weight excluding hydrogens is 238 g/mol. The van der Waals surface area contributed by atoms with Crippen molar-refractivity contribution >= 4 is 11.8 Å². The third-order valence-corrected chi connectivity index (χ3v) is 5.05. The Hall–Kier alpha value is -0.470. The predicted molar refractivity (Wildman–Crippen MR) is 82.3 cm³/mol. The lowest BCUT2D eigenvalue weighted by atomic mass is 10.1. The maximum atomic E-state index is 3.77. The van der Waals surface area contributed by atoms with Crippen LogP contribution in [0.5, 0.6) is 0 Å². The van der Waals surface area contributed by atoms with Gasteiger partial charge in [-0.2, -0.15) is 11.8 Å². The zero-order valence-corrected chi connectivity index (χ0v) is 12.2. The molecule has 0 bridgehead atoms. The number of nitrogens with one attached hydrogen (secondary N) is 1. The lowest BCUT2D eigenvalue weighted by Gasteiger charge is -2.20. The average molecular weight is 263 g/mol. The molecule has 0 radical (unpaired) electrons. The first-order chi connectivity index (χ1) is 8.90. The Labute approximate surface area is 116 Å². The summed E-state index contributed by atoms with van der Waals surface area (Å²) in [6, 6.07) is 11.6. The zero-order chi connectivity index (χ0) is 12.6. The second-order valence-corrected chi connectivity index (χ2v) is 6.59. The minimum atomic E-state index is 0.769. The van der Waals surface area contributed by atoms with Gasteiger partial charge < -0.3 is 5.32 Å². The van der Waals surface area contributed by atoms with Crippen molar-refractivity contribution in [1.29, 1.82) is 0 Å². The van der Waals surface area contributed by atoms with Crippen molar-refractivity contribution < 1.29 is 0 Å². The van der Waals surface area contributed by atoms with E-state index in [-0.39, 0.29) is 0 Å². The molecule has 0 spiro atoms. The molecule has 2 heteroatoms. The highest BCUT2D eigenvalue weighted by atomic mass is 32.2. The van der Waals surface area contributed by atoms with Crippen molar-refractivity contribution in [2.75, 3.05) is 12.3 Å². The average Bonchev–Trinajstić information content (AvgIpc) is 2.84. The van der Waals surface area contributed by atoms with E-state index in [0.29, 0.717) is 0 Å². The molecule has 1 aliphatic rings. The van der Waals surface area contributed by atoms with Crippen LogP contribution < -0.4 is 5.32 Å². The Morgan fingerprint density at radius 3 is 2.83 bits per heavy atom. The van der Waals surface area contributed by atoms with Gasteiger partial charge in [0.1, 0.15) is 0 Å². The summed E-state index contributed by atoms with van der Waals surface area (Å²) in [6.45, 7) is 3.44. The first kappa shape index (κ1) is 14.0. The maximum absolute atomic E-state index is 3.77. The van der Waals surface area contributed by atoms with Crippen LogP contribution in [-0.4, -0.2) is 23.6 Å². The van der Waals surface area contributed by atoms with Gasteiger partial charge in [-0.3, -0.25) is 0 Å². The summed E-state index contributed by atoms with van der Waals surface area (Å²) in [5, 5.41) is 4.63. The molecule has 18 heavy (non-hydrogen) atoms. The van der Waals surface area contributed by atoms with Crippen LogP contribution in [0.25, 0.3) is 0 Å². The molecule has 1 fully saturated rings. The summed E-state index contributed by atoms with van der Waals surface area (Å²) >= 11 is 2.14. The van der Waals surface area contributed by atoms with Crippen LogP contribution >= 0.6 is 11.8 Å². The predicted octanol–water partition coefficient (Wildman–Crippen LogP) is 3.88. The molecular formula is C16H25NS. The van der Waals surface area contributed by atoms with E-state index in [1.165, 1.54) is 50.0 Å². The maximum Gasteiger partial charge on any atom is 0.0201 e. The number of aryl methyl sites for hydroxylation is 1. The zero-order valence-electron chi connectivity index (χ0n) is 11.4. The fraction of sp³-hybridized carbons (Fsp3) is 0.625. The Morgan fingerprint density at radius 1 is 1.22 bits per heavy atom. The Kier molecular flexibility index (Phi) is 6.09. The van der Waals surface area contributed by atoms with Crippen LogP contribution in [0, 0.1) is 0 Å². The lowest BCUT2D eigenvalue weighted by Crippen LogP contribution is -2.35. The number of benzene rings is 1. The number of rotatable bonds is 7. The Bertz CT molecular complexity index is 325. The smallest absolute Gasteiger partial charge is 0.0201 e. The minimum absolute atomic E-state index is 0.769. The van der Waals surface area contributed by atoms with Gasteiger partial charge in [0.2, 0.25) is 0 Å². The molecule has 0 amide bonds. The second-order valence-electron chi connectivity index (χ2n) is 5.07. The fourth-order valence-corrected chi connectivity index (χ4v) is 4.02. The van der Waals surface area contributed by atoms with Crippen molar-refractivity contribution in [3.05, 3.63) is 35.9 Å². The van der Waals surface area contributed by atoms with Gasteiger partial charge in [-0.25, -0.2) is 0 Å². The number of hydrogen-bond acceptors (Lipinski definition) is 2. The van der Waals surface area contributed by atoms with Crippen LogP contribution in [0.1, 0.15) is 38.2 Å². The molecule has 1 aromatic carbocycles. The van der Waals surface area contributed by atoms with Crippen LogP contribution in [0.15, 0.2) is 30.3 Å². The standard InChI is InChI=1S/C16H25NS/c1-2-18-16-12-6-11-15(16)17-13-7-10-14-8-4-3-5-9-14/h3-5,8-9,15-17H,2,6-7,10-13H2,1H3. The third-order valence-electron chi connectivity index (χ3n) is 3.72. The topological polar surface area (TPSA) is 12.0 Å². The van der Waals surface area contributed by atoms with E-state index in [1.54, 1.807) is 0 Å². The highest BCUT2D eigenvalue weighted by Gasteiger charge is 2.26. The molecule has 1 aliphatic carbocycles. The fourth-order valence-electron chi connectivity index (χ4n) is 2.80. The summed E-state index contributed by atoms with van der Waals surface area (Å²) in [5.74, 6) is 1.26. The van der Waals surface area contributed by atoms with Crippen molar-refractivity contribution in [2.45, 2.75) is 50.3 Å². The molecule has 0 saturated heterocycles. The van der Waals surface area contributed by atoms with E-state index in [2.05, 4.69) is 54.3 Å². The van der Waals surface area contributed by atoms with E-state index < -0.39 is 0 Å². The molecule has 1 aromatic rings. The van der Waals surface area contributed by atoms with Gasteiger partial charge in [0.05, 0.1) is 0 Å². The first-order valence-corrected chi connectivity index (χ1v) is 8.34. The van der Waals surface area contributed by atoms with Crippen molar-refractivity contribution in [2.24, 2.45) is 0 Å². The van der Waals surface area contributed by atoms with Crippen molar-refractivity contribution in [3.8, 4) is 0 Å². The van der Waals surface area contributed by atoms with E-state index in [4.69, 9.17) is 0 Å². The third kappa shape index (κ3) is 4.33. The van der Waals surface area contributed by atoms with E-state index in [9.17, 15) is 0 Å². The minimum Gasteiger partial charge on any atom is -0.313 e. The molecule has 100 valence electrons. The SMILES string of the molecule is CCSC1CCCC1NCCCc1ccccc1. The first-order valence-electron chi connectivity index (χ1n) is 7.29. The van der Waals surface area contributed by atoms with E-state index in [0.717, 1.165) is 11.3 Å². The number of thioether (sulfide) groups is 1. The van der Waals surface area contributed by atoms with Gasteiger partial charge in [0, 0.05) is 11.3 Å². The van der Waals surface area contributed by atoms with Crippen LogP contribution in [-0.2, 0) is 6.42 Å². The van der Waals surface area contributed by atoms with E-state index >= 15 is 0 Å². The Morgan fingerprint density at radius 2 is 2.06 bits per heavy atom. The lowest BCUT2D eigenvalue weighted by molar-refractivity contribution is 0.522. The van der Waals surface area contributed by atoms with Crippen LogP contribution in [0.2, 0.25) is 0 Å². The van der Waals surface area contributed by atoms with Crippen molar-refractivity contribution in [1.82, 2.24) is 5.32 Å². The molecule has 0 aliphatic heterocycles. The van der Waals surface area contributed by atoms with Crippen molar-refractivity contribution in [3.63, 3.8) is 0 Å². The summed E-state index contributed by atoms with van der Waals surface area (Å²) in [4.78, 5) is 0. The Balaban J connectivity index is 1.63. The van der Waals surface area contributed by atoms with Crippen LogP contribution in [0.3, 0.4) is 0 Å². The van der Waals surface area contributed by atoms with Gasteiger partial charge >= 0.3 is 0 Å². The summed E-state index contributed by atoms with van der Waals surface area (Å²) in [6.07, 6.45) is 6.65. The second kappa shape index (κ2) is 7.85. The molecule has 1 saturated carbocycles. The quantitative estimate of drug-likeness (QED) is 0.749. The largest absolute Gasteiger partial charge is 0.313 e. The molecule has 0 aromatic heterocycles. The molecule has 2 rings (SSSR count). The van der Waals surface area contributed by atoms with E-state index in [1.807, 2.05) is 0 Å². The molecule has 1 nitrogen and oxygen atoms in total. The highest BCUT2D eigenvalue weighted by molar-refractivity contribution is 7.99. The molecule has 2 unspecified atom stereocenters. The molecule has 2 atom stereocenters. The summed E-state index contributed by atoms with van der Waals surface area (Å²) in [7, 11) is 0.